The van der Waals surface area contributed by atoms with Crippen LogP contribution < -0.4 is 4.74 Å². The summed E-state index contributed by atoms with van der Waals surface area (Å²) in [5.74, 6) is 0.00536. The Hall–Kier alpha value is -1.99. The van der Waals surface area contributed by atoms with E-state index in [9.17, 15) is 8.78 Å². The number of para-hydroxylation sites is 1. The van der Waals surface area contributed by atoms with Gasteiger partial charge >= 0.3 is 0 Å². The fourth-order valence-electron chi connectivity index (χ4n) is 2.14. The zero-order chi connectivity index (χ0) is 15.9. The third kappa shape index (κ3) is 2.46. The van der Waals surface area contributed by atoms with Gasteiger partial charge in [0.15, 0.2) is 5.82 Å². The molecule has 0 aliphatic rings. The number of nitrogens with zero attached hydrogens (tertiary/aromatic N) is 4. The van der Waals surface area contributed by atoms with Gasteiger partial charge in [0.2, 0.25) is 5.28 Å². The summed E-state index contributed by atoms with van der Waals surface area (Å²) in [4.78, 5) is 11.6. The largest absolute Gasteiger partial charge is 0.494 e. The summed E-state index contributed by atoms with van der Waals surface area (Å²) in [5, 5.41) is -0.104. The molecule has 0 fully saturated rings. The second kappa shape index (κ2) is 5.66. The lowest BCUT2D eigenvalue weighted by Crippen LogP contribution is -2.05. The van der Waals surface area contributed by atoms with Gasteiger partial charge < -0.3 is 4.74 Å². The number of aromatic nitrogens is 4. The second-order valence-corrected chi connectivity index (χ2v) is 4.98. The molecule has 9 heteroatoms. The molecule has 0 atom stereocenters. The fraction of sp³-hybridized carbons (Fsp3) is 0.154. The van der Waals surface area contributed by atoms with Crippen molar-refractivity contribution in [2.24, 2.45) is 0 Å². The topological polar surface area (TPSA) is 52.8 Å². The third-order valence-electron chi connectivity index (χ3n) is 2.97. The summed E-state index contributed by atoms with van der Waals surface area (Å²) in [6, 6.07) is 6.26. The lowest BCUT2D eigenvalue weighted by atomic mass is 10.3. The van der Waals surface area contributed by atoms with E-state index in [4.69, 9.17) is 27.9 Å². The molecular formula is C13H8Cl2F2N4O. The van der Waals surface area contributed by atoms with E-state index in [0.29, 0.717) is 16.8 Å². The third-order valence-corrected chi connectivity index (χ3v) is 3.33. The number of methoxy groups -OCH3 is 1. The second-order valence-electron chi connectivity index (χ2n) is 4.25. The van der Waals surface area contributed by atoms with Gasteiger partial charge in [0.1, 0.15) is 22.2 Å². The molecule has 22 heavy (non-hydrogen) atoms. The number of hydrogen-bond acceptors (Lipinski definition) is 4. The number of benzene rings is 1. The first-order chi connectivity index (χ1) is 10.5. The zero-order valence-corrected chi connectivity index (χ0v) is 12.6. The molecule has 114 valence electrons. The molecule has 5 nitrogen and oxygen atoms in total. The van der Waals surface area contributed by atoms with Gasteiger partial charge in [-0.2, -0.15) is 4.98 Å². The van der Waals surface area contributed by atoms with Gasteiger partial charge in [-0.05, 0) is 23.7 Å². The molecule has 3 rings (SSSR count). The van der Waals surface area contributed by atoms with Crippen LogP contribution in [0.25, 0.3) is 16.9 Å². The van der Waals surface area contributed by atoms with Crippen LogP contribution in [0, 0.1) is 0 Å². The van der Waals surface area contributed by atoms with Crippen molar-refractivity contribution in [1.29, 1.82) is 0 Å². The van der Waals surface area contributed by atoms with Crippen molar-refractivity contribution < 1.29 is 13.5 Å². The molecule has 0 unspecified atom stereocenters. The van der Waals surface area contributed by atoms with E-state index >= 15 is 0 Å². The van der Waals surface area contributed by atoms with Crippen LogP contribution in [0.4, 0.5) is 8.78 Å². The molecule has 3 aromatic rings. The van der Waals surface area contributed by atoms with Crippen molar-refractivity contribution in [3.63, 3.8) is 0 Å². The van der Waals surface area contributed by atoms with Crippen molar-refractivity contribution in [2.75, 3.05) is 7.11 Å². The lowest BCUT2D eigenvalue weighted by molar-refractivity contribution is 0.139. The molecule has 0 amide bonds. The summed E-state index contributed by atoms with van der Waals surface area (Å²) in [6.45, 7) is 0. The Morgan fingerprint density at radius 2 is 1.95 bits per heavy atom. The van der Waals surface area contributed by atoms with Gasteiger partial charge in [-0.3, -0.25) is 4.57 Å². The van der Waals surface area contributed by atoms with Crippen molar-refractivity contribution in [2.45, 2.75) is 6.43 Å². The number of imidazole rings is 1. The SMILES string of the molecule is COc1cccc2c1nc(C(F)F)n2-c1cc(Cl)nc(Cl)n1. The van der Waals surface area contributed by atoms with Crippen LogP contribution in [-0.2, 0) is 0 Å². The van der Waals surface area contributed by atoms with E-state index in [0.717, 1.165) is 0 Å². The van der Waals surface area contributed by atoms with Gasteiger partial charge in [-0.15, -0.1) is 0 Å². The first-order valence-electron chi connectivity index (χ1n) is 6.05. The van der Waals surface area contributed by atoms with Crippen molar-refractivity contribution in [3.05, 3.63) is 40.5 Å². The monoisotopic (exact) mass is 344 g/mol. The highest BCUT2D eigenvalue weighted by atomic mass is 35.5. The number of alkyl halides is 2. The molecular weight excluding hydrogens is 337 g/mol. The Balaban J connectivity index is 2.38. The molecule has 0 saturated carbocycles. The van der Waals surface area contributed by atoms with Gasteiger partial charge in [-0.25, -0.2) is 18.7 Å². The molecule has 0 bridgehead atoms. The predicted octanol–water partition coefficient (Wildman–Crippen LogP) is 4.07. The van der Waals surface area contributed by atoms with Crippen LogP contribution in [0.15, 0.2) is 24.3 Å². The molecule has 0 saturated heterocycles. The number of ether oxygens (including phenoxy) is 1. The minimum absolute atomic E-state index is 0.0416. The number of hydrogen-bond donors (Lipinski definition) is 0. The van der Waals surface area contributed by atoms with E-state index in [1.807, 2.05) is 0 Å². The van der Waals surface area contributed by atoms with Crippen LogP contribution in [-0.4, -0.2) is 26.6 Å². The molecule has 2 aromatic heterocycles. The molecule has 0 spiro atoms. The van der Waals surface area contributed by atoms with E-state index in [1.54, 1.807) is 18.2 Å². The van der Waals surface area contributed by atoms with Crippen LogP contribution in [0.2, 0.25) is 10.4 Å². The van der Waals surface area contributed by atoms with Crippen molar-refractivity contribution in [3.8, 4) is 11.6 Å². The molecule has 0 aliphatic carbocycles. The molecule has 0 radical (unpaired) electrons. The smallest absolute Gasteiger partial charge is 0.296 e. The van der Waals surface area contributed by atoms with E-state index in [-0.39, 0.29) is 16.3 Å². The van der Waals surface area contributed by atoms with E-state index in [1.165, 1.54) is 17.7 Å². The molecule has 2 heterocycles. The first-order valence-corrected chi connectivity index (χ1v) is 6.81. The number of halogens is 4. The van der Waals surface area contributed by atoms with Gasteiger partial charge in [0.05, 0.1) is 12.6 Å². The predicted molar refractivity (Wildman–Crippen MR) is 78.2 cm³/mol. The standard InChI is InChI=1S/C13H8Cl2F2N4O/c1-22-7-4-2-3-6-10(7)20-12(11(16)17)21(6)9-5-8(14)18-13(15)19-9/h2-5,11H,1H3. The minimum atomic E-state index is -2.82. The number of rotatable bonds is 3. The average molecular weight is 345 g/mol. The summed E-state index contributed by atoms with van der Waals surface area (Å²) in [7, 11) is 1.44. The Bertz CT molecular complexity index is 833. The Kier molecular flexibility index (Phi) is 3.84. The van der Waals surface area contributed by atoms with Gasteiger partial charge in [0.25, 0.3) is 6.43 Å². The van der Waals surface area contributed by atoms with Crippen LogP contribution in [0.5, 0.6) is 5.75 Å². The Morgan fingerprint density at radius 3 is 2.59 bits per heavy atom. The van der Waals surface area contributed by atoms with Crippen LogP contribution in [0.1, 0.15) is 12.2 Å². The maximum absolute atomic E-state index is 13.4. The quantitative estimate of drug-likeness (QED) is 0.530. The van der Waals surface area contributed by atoms with Crippen LogP contribution in [0.3, 0.4) is 0 Å². The first kappa shape index (κ1) is 14.9. The van der Waals surface area contributed by atoms with E-state index in [2.05, 4.69) is 15.0 Å². The number of fused-ring (bicyclic) bond motifs is 1. The Labute approximate surface area is 133 Å². The average Bonchev–Trinajstić information content (AvgIpc) is 2.85. The van der Waals surface area contributed by atoms with Gasteiger partial charge in [-0.1, -0.05) is 17.7 Å². The molecule has 0 N–H and O–H groups in total. The van der Waals surface area contributed by atoms with Crippen LogP contribution >= 0.6 is 23.2 Å². The van der Waals surface area contributed by atoms with E-state index < -0.39 is 12.2 Å². The Morgan fingerprint density at radius 1 is 1.18 bits per heavy atom. The summed E-state index contributed by atoms with van der Waals surface area (Å²) in [6.07, 6.45) is -2.82. The lowest BCUT2D eigenvalue weighted by Gasteiger charge is -2.08. The van der Waals surface area contributed by atoms with Crippen molar-refractivity contribution >= 4 is 34.2 Å². The highest BCUT2D eigenvalue weighted by molar-refractivity contribution is 6.31. The highest BCUT2D eigenvalue weighted by Crippen LogP contribution is 2.32. The minimum Gasteiger partial charge on any atom is -0.494 e. The summed E-state index contributed by atoms with van der Waals surface area (Å²) < 4.78 is 33.0. The van der Waals surface area contributed by atoms with Gasteiger partial charge in [0, 0.05) is 6.07 Å². The molecule has 1 aromatic carbocycles. The van der Waals surface area contributed by atoms with Crippen molar-refractivity contribution in [1.82, 2.24) is 19.5 Å². The zero-order valence-electron chi connectivity index (χ0n) is 11.1. The maximum atomic E-state index is 13.4. The summed E-state index contributed by atoms with van der Waals surface area (Å²) >= 11 is 11.6. The maximum Gasteiger partial charge on any atom is 0.296 e. The highest BCUT2D eigenvalue weighted by Gasteiger charge is 2.23. The fourth-order valence-corrected chi connectivity index (χ4v) is 2.54. The summed E-state index contributed by atoms with van der Waals surface area (Å²) in [5.41, 5.74) is 0.701. The normalized spacial score (nSPS) is 11.4. The molecule has 0 aliphatic heterocycles.